The topological polar surface area (TPSA) is 116 Å². The number of nitrogens with one attached hydrogen (secondary N) is 4. The number of rotatable bonds is 14. The molecule has 0 atom stereocenters. The Morgan fingerprint density at radius 1 is 0.579 bits per heavy atom. The van der Waals surface area contributed by atoms with Gasteiger partial charge in [-0.2, -0.15) is 0 Å². The molecule has 4 amide bonds. The third-order valence-corrected chi connectivity index (χ3v) is 7.53. The third-order valence-electron chi connectivity index (χ3n) is 7.53. The van der Waals surface area contributed by atoms with Gasteiger partial charge >= 0.3 is 0 Å². The summed E-state index contributed by atoms with van der Waals surface area (Å²) in [5, 5.41) is 12.0. The van der Waals surface area contributed by atoms with E-state index in [1.165, 1.54) is 38.5 Å². The minimum atomic E-state index is -0.0679. The third kappa shape index (κ3) is 12.1. The van der Waals surface area contributed by atoms with Crippen LogP contribution < -0.4 is 21.3 Å². The Bertz CT molecular complexity index is 838. The van der Waals surface area contributed by atoms with Gasteiger partial charge in [0, 0.05) is 50.9 Å². The van der Waals surface area contributed by atoms with Crippen LogP contribution in [0.4, 0.5) is 0 Å². The number of amides is 4. The van der Waals surface area contributed by atoms with E-state index in [2.05, 4.69) is 21.3 Å². The molecule has 0 radical (unpaired) electrons. The van der Waals surface area contributed by atoms with Gasteiger partial charge in [-0.15, -0.1) is 0 Å². The monoisotopic (exact) mass is 526 g/mol. The Balaban J connectivity index is 1.25. The summed E-state index contributed by atoms with van der Waals surface area (Å²) in [6.45, 7) is 0.815. The van der Waals surface area contributed by atoms with Crippen LogP contribution >= 0.6 is 0 Å². The van der Waals surface area contributed by atoms with Crippen molar-refractivity contribution < 1.29 is 19.2 Å². The van der Waals surface area contributed by atoms with Gasteiger partial charge in [0.1, 0.15) is 0 Å². The van der Waals surface area contributed by atoms with Crippen LogP contribution in [0.25, 0.3) is 0 Å². The molecule has 0 aromatic heterocycles. The Hall–Kier alpha value is -2.90. The standard InChI is InChI=1S/C30H46N4O4/c35-27(16-8-18-29(37)33-25-12-3-1-4-13-25)31-21-23-10-7-11-24(20-23)22-32-28(36)17-9-19-30(38)34-26-14-5-2-6-15-26/h7,10-11,20,25-26H,1-6,8-9,12-19,21-22H2,(H,31,35)(H,32,36)(H,33,37)(H,34,38). The fraction of sp³-hybridized carbons (Fsp3) is 0.667. The van der Waals surface area contributed by atoms with Gasteiger partial charge in [0.05, 0.1) is 0 Å². The highest BCUT2D eigenvalue weighted by Gasteiger charge is 2.17. The van der Waals surface area contributed by atoms with Crippen molar-refractivity contribution in [2.24, 2.45) is 0 Å². The maximum atomic E-state index is 12.2. The Labute approximate surface area is 227 Å². The second-order valence-corrected chi connectivity index (χ2v) is 10.9. The van der Waals surface area contributed by atoms with E-state index in [4.69, 9.17) is 0 Å². The van der Waals surface area contributed by atoms with Crippen molar-refractivity contribution in [1.82, 2.24) is 21.3 Å². The fourth-order valence-corrected chi connectivity index (χ4v) is 5.34. The first-order valence-corrected chi connectivity index (χ1v) is 14.7. The van der Waals surface area contributed by atoms with Crippen LogP contribution in [0.1, 0.15) is 114 Å². The molecule has 0 aliphatic heterocycles. The van der Waals surface area contributed by atoms with Gasteiger partial charge in [0.15, 0.2) is 0 Å². The molecule has 2 saturated carbocycles. The lowest BCUT2D eigenvalue weighted by Gasteiger charge is -2.22. The summed E-state index contributed by atoms with van der Waals surface area (Å²) in [7, 11) is 0. The van der Waals surface area contributed by atoms with Crippen molar-refractivity contribution in [1.29, 1.82) is 0 Å². The molecule has 8 nitrogen and oxygen atoms in total. The van der Waals surface area contributed by atoms with Gasteiger partial charge in [-0.1, -0.05) is 62.8 Å². The van der Waals surface area contributed by atoms with Crippen molar-refractivity contribution in [3.63, 3.8) is 0 Å². The molecule has 0 heterocycles. The Morgan fingerprint density at radius 3 is 1.39 bits per heavy atom. The molecule has 38 heavy (non-hydrogen) atoms. The molecule has 0 saturated heterocycles. The molecule has 0 unspecified atom stereocenters. The van der Waals surface area contributed by atoms with Gasteiger partial charge in [-0.25, -0.2) is 0 Å². The molecular formula is C30H46N4O4. The largest absolute Gasteiger partial charge is 0.353 e. The highest BCUT2D eigenvalue weighted by atomic mass is 16.2. The van der Waals surface area contributed by atoms with Crippen molar-refractivity contribution in [3.05, 3.63) is 35.4 Å². The average Bonchev–Trinajstić information content (AvgIpc) is 2.92. The normalized spacial score (nSPS) is 16.4. The number of benzene rings is 1. The molecule has 2 aliphatic carbocycles. The van der Waals surface area contributed by atoms with Gasteiger partial charge in [0.25, 0.3) is 0 Å². The van der Waals surface area contributed by atoms with Gasteiger partial charge in [-0.05, 0) is 49.7 Å². The molecule has 4 N–H and O–H groups in total. The van der Waals surface area contributed by atoms with Crippen LogP contribution in [0.2, 0.25) is 0 Å². The van der Waals surface area contributed by atoms with E-state index in [1.807, 2.05) is 24.3 Å². The predicted octanol–water partition coefficient (Wildman–Crippen LogP) is 4.16. The zero-order valence-corrected chi connectivity index (χ0v) is 22.8. The molecule has 2 fully saturated rings. The van der Waals surface area contributed by atoms with Crippen LogP contribution in [-0.4, -0.2) is 35.7 Å². The van der Waals surface area contributed by atoms with E-state index in [1.54, 1.807) is 0 Å². The molecule has 8 heteroatoms. The first-order valence-electron chi connectivity index (χ1n) is 14.7. The lowest BCUT2D eigenvalue weighted by atomic mass is 9.95. The molecule has 1 aromatic rings. The summed E-state index contributed by atoms with van der Waals surface area (Å²) >= 11 is 0. The summed E-state index contributed by atoms with van der Waals surface area (Å²) in [4.78, 5) is 48.6. The SMILES string of the molecule is O=C(CCCC(=O)NC1CCCCC1)NCc1cccc(CNC(=O)CCCC(=O)NC2CCCCC2)c1. The van der Waals surface area contributed by atoms with Gasteiger partial charge < -0.3 is 21.3 Å². The highest BCUT2D eigenvalue weighted by molar-refractivity contribution is 5.79. The van der Waals surface area contributed by atoms with Crippen LogP contribution in [0, 0.1) is 0 Å². The predicted molar refractivity (Wildman–Crippen MR) is 148 cm³/mol. The van der Waals surface area contributed by atoms with E-state index >= 15 is 0 Å². The van der Waals surface area contributed by atoms with E-state index in [0.29, 0.717) is 63.7 Å². The minimum absolute atomic E-state index is 0.0437. The van der Waals surface area contributed by atoms with Gasteiger partial charge in [0.2, 0.25) is 23.6 Å². The van der Waals surface area contributed by atoms with Gasteiger partial charge in [-0.3, -0.25) is 19.2 Å². The lowest BCUT2D eigenvalue weighted by molar-refractivity contribution is -0.124. The smallest absolute Gasteiger partial charge is 0.220 e. The second-order valence-electron chi connectivity index (χ2n) is 10.9. The molecule has 210 valence electrons. The van der Waals surface area contributed by atoms with Crippen LogP contribution in [0.15, 0.2) is 24.3 Å². The summed E-state index contributed by atoms with van der Waals surface area (Å²) in [6.07, 6.45) is 14.0. The van der Waals surface area contributed by atoms with E-state index < -0.39 is 0 Å². The number of carbonyl (C=O) groups is 4. The maximum Gasteiger partial charge on any atom is 0.220 e. The minimum Gasteiger partial charge on any atom is -0.353 e. The molecule has 0 bridgehead atoms. The molecule has 3 rings (SSSR count). The number of hydrogen-bond donors (Lipinski definition) is 4. The molecule has 2 aliphatic rings. The fourth-order valence-electron chi connectivity index (χ4n) is 5.34. The molecular weight excluding hydrogens is 480 g/mol. The average molecular weight is 527 g/mol. The van der Waals surface area contributed by atoms with E-state index in [9.17, 15) is 19.2 Å². The summed E-state index contributed by atoms with van der Waals surface area (Å²) < 4.78 is 0. The second kappa shape index (κ2) is 16.8. The maximum absolute atomic E-state index is 12.2. The highest BCUT2D eigenvalue weighted by Crippen LogP contribution is 2.18. The summed E-state index contributed by atoms with van der Waals surface area (Å²) in [5.74, 6) is -0.0484. The molecule has 0 spiro atoms. The Morgan fingerprint density at radius 2 is 0.974 bits per heavy atom. The first-order chi connectivity index (χ1) is 18.5. The van der Waals surface area contributed by atoms with Crippen molar-refractivity contribution in [3.8, 4) is 0 Å². The quantitative estimate of drug-likeness (QED) is 0.291. The molecule has 1 aromatic carbocycles. The number of hydrogen-bond acceptors (Lipinski definition) is 4. The van der Waals surface area contributed by atoms with Crippen molar-refractivity contribution >= 4 is 23.6 Å². The Kier molecular flexibility index (Phi) is 13.1. The lowest BCUT2D eigenvalue weighted by Crippen LogP contribution is -2.36. The number of carbonyl (C=O) groups excluding carboxylic acids is 4. The van der Waals surface area contributed by atoms with Crippen molar-refractivity contribution in [2.45, 2.75) is 128 Å². The van der Waals surface area contributed by atoms with Crippen molar-refractivity contribution in [2.75, 3.05) is 0 Å². The summed E-state index contributed by atoms with van der Waals surface area (Å²) in [6, 6.07) is 8.37. The van der Waals surface area contributed by atoms with Crippen LogP contribution in [0.3, 0.4) is 0 Å². The van der Waals surface area contributed by atoms with E-state index in [0.717, 1.165) is 36.8 Å². The zero-order chi connectivity index (χ0) is 27.0. The first kappa shape index (κ1) is 29.7. The van der Waals surface area contributed by atoms with E-state index in [-0.39, 0.29) is 23.6 Å². The zero-order valence-electron chi connectivity index (χ0n) is 22.8. The van der Waals surface area contributed by atoms with Crippen LogP contribution in [-0.2, 0) is 32.3 Å². The van der Waals surface area contributed by atoms with Crippen LogP contribution in [0.5, 0.6) is 0 Å². The summed E-state index contributed by atoms with van der Waals surface area (Å²) in [5.41, 5.74) is 1.92.